The first-order chi connectivity index (χ1) is 23.0. The minimum atomic E-state index is -4.64. The van der Waals surface area contributed by atoms with Crippen LogP contribution in [-0.4, -0.2) is 95.9 Å². The second kappa shape index (κ2) is 16.1. The average Bonchev–Trinajstić information content (AvgIpc) is 3.44. The summed E-state index contributed by atoms with van der Waals surface area (Å²) in [5.74, 6) is -0.949. The lowest BCUT2D eigenvalue weighted by Gasteiger charge is -2.41. The molecule has 262 valence electrons. The summed E-state index contributed by atoms with van der Waals surface area (Å²) in [5, 5.41) is 2.87. The van der Waals surface area contributed by atoms with Crippen molar-refractivity contribution >= 4 is 45.7 Å². The summed E-state index contributed by atoms with van der Waals surface area (Å²) in [4.78, 5) is 32.0. The summed E-state index contributed by atoms with van der Waals surface area (Å²) in [6.45, 7) is 7.83. The van der Waals surface area contributed by atoms with E-state index in [0.717, 1.165) is 36.8 Å². The third-order valence-corrected chi connectivity index (χ3v) is 9.98. The van der Waals surface area contributed by atoms with E-state index >= 15 is 4.39 Å². The van der Waals surface area contributed by atoms with E-state index in [9.17, 15) is 18.0 Å². The van der Waals surface area contributed by atoms with Crippen molar-refractivity contribution in [3.05, 3.63) is 45.8 Å². The van der Waals surface area contributed by atoms with Gasteiger partial charge in [0, 0.05) is 56.3 Å². The van der Waals surface area contributed by atoms with Crippen LogP contribution in [0.25, 0.3) is 11.3 Å². The Labute approximate surface area is 286 Å². The Morgan fingerprint density at radius 2 is 1.98 bits per heavy atom. The van der Waals surface area contributed by atoms with Gasteiger partial charge in [0.2, 0.25) is 5.82 Å². The third kappa shape index (κ3) is 8.72. The van der Waals surface area contributed by atoms with Crippen molar-refractivity contribution in [1.29, 1.82) is 0 Å². The number of aromatic nitrogens is 3. The van der Waals surface area contributed by atoms with Crippen molar-refractivity contribution in [2.45, 2.75) is 64.3 Å². The molecular formula is C32H40ClF4N7O3S. The number of carbonyl (C=O) groups excluding carboxylic acids is 1. The second-order valence-corrected chi connectivity index (χ2v) is 13.4. The maximum atomic E-state index is 16.1. The van der Waals surface area contributed by atoms with Gasteiger partial charge in [-0.25, -0.2) is 15.0 Å². The number of benzene rings is 1. The van der Waals surface area contributed by atoms with Crippen LogP contribution in [0.3, 0.4) is 0 Å². The fourth-order valence-electron chi connectivity index (χ4n) is 6.17. The Kier molecular flexibility index (Phi) is 12.1. The predicted octanol–water partition coefficient (Wildman–Crippen LogP) is 6.62. The molecule has 4 heterocycles. The first-order valence-corrected chi connectivity index (χ1v) is 17.2. The number of esters is 1. The molecule has 2 fully saturated rings. The monoisotopic (exact) mass is 713 g/mol. The first kappa shape index (κ1) is 36.2. The average molecular weight is 714 g/mol. The zero-order valence-corrected chi connectivity index (χ0v) is 28.7. The van der Waals surface area contributed by atoms with Gasteiger partial charge in [-0.3, -0.25) is 14.6 Å². The maximum absolute atomic E-state index is 16.1. The van der Waals surface area contributed by atoms with E-state index in [1.54, 1.807) is 14.0 Å². The van der Waals surface area contributed by atoms with Crippen LogP contribution in [-0.2, 0) is 27.0 Å². The van der Waals surface area contributed by atoms with Crippen molar-refractivity contribution in [2.75, 3.05) is 63.3 Å². The van der Waals surface area contributed by atoms with Gasteiger partial charge in [0.15, 0.2) is 16.8 Å². The summed E-state index contributed by atoms with van der Waals surface area (Å²) in [6, 6.07) is 3.94. The fraction of sp³-hybridized carbons (Fsp3) is 0.562. The predicted molar refractivity (Wildman–Crippen MR) is 177 cm³/mol. The van der Waals surface area contributed by atoms with Crippen LogP contribution in [0.1, 0.15) is 50.0 Å². The number of methoxy groups -OCH3 is 1. The van der Waals surface area contributed by atoms with Crippen LogP contribution < -0.4 is 10.2 Å². The lowest BCUT2D eigenvalue weighted by Crippen LogP contribution is -2.55. The van der Waals surface area contributed by atoms with E-state index in [4.69, 9.17) is 21.1 Å². The number of piperazine rings is 1. The highest BCUT2D eigenvalue weighted by Crippen LogP contribution is 2.40. The van der Waals surface area contributed by atoms with Crippen molar-refractivity contribution in [3.63, 3.8) is 0 Å². The first-order valence-electron chi connectivity index (χ1n) is 16.0. The Bertz CT molecular complexity index is 1560. The summed E-state index contributed by atoms with van der Waals surface area (Å²) < 4.78 is 67.9. The number of nitrogens with zero attached hydrogens (tertiary/aromatic N) is 6. The molecule has 2 aromatic heterocycles. The fourth-order valence-corrected chi connectivity index (χ4v) is 7.41. The van der Waals surface area contributed by atoms with Crippen LogP contribution in [0.15, 0.2) is 24.5 Å². The lowest BCUT2D eigenvalue weighted by atomic mass is 10.0. The third-order valence-electron chi connectivity index (χ3n) is 8.70. The largest absolute Gasteiger partial charge is 0.466 e. The molecule has 3 aromatic rings. The van der Waals surface area contributed by atoms with Gasteiger partial charge in [-0.1, -0.05) is 35.4 Å². The highest BCUT2D eigenvalue weighted by Gasteiger charge is 2.34. The van der Waals surface area contributed by atoms with E-state index in [1.165, 1.54) is 29.8 Å². The number of hydrogen-bond donors (Lipinski definition) is 1. The number of anilines is 3. The molecule has 2 aliphatic heterocycles. The minimum absolute atomic E-state index is 0.0988. The Morgan fingerprint density at radius 3 is 2.71 bits per heavy atom. The van der Waals surface area contributed by atoms with Crippen LogP contribution in [0.4, 0.5) is 34.3 Å². The van der Waals surface area contributed by atoms with Gasteiger partial charge >= 0.3 is 12.1 Å². The van der Waals surface area contributed by atoms with Gasteiger partial charge in [-0.05, 0) is 45.4 Å². The van der Waals surface area contributed by atoms with Crippen molar-refractivity contribution in [3.8, 4) is 11.3 Å². The number of nitrogens with one attached hydrogen (secondary N) is 1. The molecule has 0 spiro atoms. The van der Waals surface area contributed by atoms with E-state index in [-0.39, 0.29) is 40.8 Å². The Hall–Kier alpha value is -3.11. The van der Waals surface area contributed by atoms with Crippen molar-refractivity contribution in [1.82, 2.24) is 24.8 Å². The molecule has 5 rings (SSSR count). The van der Waals surface area contributed by atoms with Crippen LogP contribution >= 0.6 is 22.9 Å². The smallest absolute Gasteiger partial charge is 0.417 e. The van der Waals surface area contributed by atoms with E-state index in [2.05, 4.69) is 37.0 Å². The van der Waals surface area contributed by atoms with E-state index in [1.807, 2.05) is 4.90 Å². The number of hydrogen-bond acceptors (Lipinski definition) is 11. The van der Waals surface area contributed by atoms with Crippen LogP contribution in [0.2, 0.25) is 5.02 Å². The molecule has 0 radical (unpaired) electrons. The Balaban J connectivity index is 1.40. The zero-order valence-electron chi connectivity index (χ0n) is 27.2. The van der Waals surface area contributed by atoms with E-state index in [0.29, 0.717) is 57.7 Å². The van der Waals surface area contributed by atoms with Gasteiger partial charge in [-0.2, -0.15) is 17.6 Å². The van der Waals surface area contributed by atoms with Crippen LogP contribution in [0, 0.1) is 5.82 Å². The normalized spacial score (nSPS) is 19.5. The SMILES string of the molecule is CCOC(=O)CCN1CCN(c2ncnc(Nc3nc(-c4ccc(Cl)c(C(F)(F)F)c4)c(CN4CCCC[C@H]4C)s3)c2F)C[C@H]1COC. The summed E-state index contributed by atoms with van der Waals surface area (Å²) in [6.07, 6.45) is 0.0445. The molecule has 2 saturated heterocycles. The number of carbonyl (C=O) groups is 1. The van der Waals surface area contributed by atoms with Gasteiger partial charge in [-0.15, -0.1) is 0 Å². The van der Waals surface area contributed by atoms with Gasteiger partial charge in [0.25, 0.3) is 0 Å². The second-order valence-electron chi connectivity index (χ2n) is 11.9. The molecule has 0 aliphatic carbocycles. The van der Waals surface area contributed by atoms with Gasteiger partial charge in [0.1, 0.15) is 6.33 Å². The molecule has 0 saturated carbocycles. The lowest BCUT2D eigenvalue weighted by molar-refractivity contribution is -0.143. The number of rotatable bonds is 12. The molecule has 0 bridgehead atoms. The molecule has 48 heavy (non-hydrogen) atoms. The topological polar surface area (TPSA) is 96.0 Å². The zero-order chi connectivity index (χ0) is 34.4. The van der Waals surface area contributed by atoms with Crippen molar-refractivity contribution < 1.29 is 31.8 Å². The number of thiazole rings is 1. The molecule has 2 atom stereocenters. The van der Waals surface area contributed by atoms with Crippen molar-refractivity contribution in [2.24, 2.45) is 0 Å². The molecule has 1 aromatic carbocycles. The van der Waals surface area contributed by atoms with Gasteiger partial charge in [0.05, 0.1) is 42.0 Å². The molecule has 0 amide bonds. The van der Waals surface area contributed by atoms with Gasteiger partial charge < -0.3 is 19.7 Å². The quantitative estimate of drug-likeness (QED) is 0.163. The summed E-state index contributed by atoms with van der Waals surface area (Å²) in [7, 11) is 1.59. The molecule has 10 nitrogen and oxygen atoms in total. The summed E-state index contributed by atoms with van der Waals surface area (Å²) in [5.41, 5.74) is -0.302. The number of likely N-dealkylation sites (tertiary alicyclic amines) is 1. The number of alkyl halides is 3. The highest BCUT2D eigenvalue weighted by molar-refractivity contribution is 7.16. The molecule has 0 unspecified atom stereocenters. The number of piperidine rings is 1. The molecule has 2 aliphatic rings. The minimum Gasteiger partial charge on any atom is -0.466 e. The molecule has 1 N–H and O–H groups in total. The standard InChI is InChI=1S/C32H40ClF4N7O3S/c1-4-47-26(45)10-12-42-13-14-44(16-22(42)18-46-3)30-27(34)29(38-19-39-30)41-31-40-28(21-8-9-24(33)23(15-21)32(35,36)37)25(48-31)17-43-11-6-5-7-20(43)2/h8-9,15,19-20,22H,4-7,10-14,16-18H2,1-3H3,(H,38,39,40,41)/t20-,22+/m1/s1. The van der Waals surface area contributed by atoms with Crippen LogP contribution in [0.5, 0.6) is 0 Å². The number of halogens is 5. The molecular weight excluding hydrogens is 674 g/mol. The summed E-state index contributed by atoms with van der Waals surface area (Å²) >= 11 is 7.17. The number of ether oxygens (including phenoxy) is 2. The van der Waals surface area contributed by atoms with E-state index < -0.39 is 22.6 Å². The Morgan fingerprint density at radius 1 is 1.17 bits per heavy atom. The maximum Gasteiger partial charge on any atom is 0.417 e. The highest BCUT2D eigenvalue weighted by atomic mass is 35.5. The molecule has 16 heteroatoms.